The summed E-state index contributed by atoms with van der Waals surface area (Å²) in [7, 11) is 0. The highest BCUT2D eigenvalue weighted by atomic mass is 32.1. The highest BCUT2D eigenvalue weighted by molar-refractivity contribution is 7.09. The summed E-state index contributed by atoms with van der Waals surface area (Å²) in [5, 5.41) is 2.60. The number of hydrogen-bond donors (Lipinski definition) is 1. The molecule has 0 spiro atoms. The number of amides is 1. The second-order valence-corrected chi connectivity index (χ2v) is 5.91. The lowest BCUT2D eigenvalue weighted by Crippen LogP contribution is -2.51. The van der Waals surface area contributed by atoms with Gasteiger partial charge in [0.2, 0.25) is 0 Å². The van der Waals surface area contributed by atoms with Gasteiger partial charge in [-0.15, -0.1) is 11.3 Å². The van der Waals surface area contributed by atoms with Gasteiger partial charge >= 0.3 is 0 Å². The van der Waals surface area contributed by atoms with Crippen molar-refractivity contribution in [3.05, 3.63) is 16.1 Å². The van der Waals surface area contributed by atoms with Crippen molar-refractivity contribution in [1.82, 2.24) is 9.88 Å². The first kappa shape index (κ1) is 14.4. The predicted molar refractivity (Wildman–Crippen MR) is 75.2 cm³/mol. The third kappa shape index (κ3) is 3.13. The number of ether oxygens (including phenoxy) is 1. The molecule has 0 bridgehead atoms. The standard InChI is InChI=1S/C13H21N3O2S/c1-4-10-6-18-8(2)5-16(10)13(17)11-7-19-12(15-11)9(3)14/h7-10H,4-6,14H2,1-3H3. The van der Waals surface area contributed by atoms with Crippen LogP contribution >= 0.6 is 11.3 Å². The van der Waals surface area contributed by atoms with Crippen molar-refractivity contribution in [2.45, 2.75) is 45.4 Å². The number of rotatable bonds is 3. The van der Waals surface area contributed by atoms with E-state index in [-0.39, 0.29) is 24.1 Å². The molecule has 2 heterocycles. The van der Waals surface area contributed by atoms with Crippen molar-refractivity contribution in [2.24, 2.45) is 5.73 Å². The lowest BCUT2D eigenvalue weighted by molar-refractivity contribution is -0.0445. The Labute approximate surface area is 117 Å². The van der Waals surface area contributed by atoms with Crippen LogP contribution in [0.15, 0.2) is 5.38 Å². The van der Waals surface area contributed by atoms with Gasteiger partial charge in [-0.1, -0.05) is 6.92 Å². The van der Waals surface area contributed by atoms with Crippen LogP contribution in [-0.2, 0) is 4.74 Å². The highest BCUT2D eigenvalue weighted by Gasteiger charge is 2.31. The van der Waals surface area contributed by atoms with E-state index in [0.29, 0.717) is 18.8 Å². The summed E-state index contributed by atoms with van der Waals surface area (Å²) in [6.45, 7) is 7.16. The maximum Gasteiger partial charge on any atom is 0.273 e. The molecule has 1 amide bonds. The van der Waals surface area contributed by atoms with E-state index in [1.807, 2.05) is 18.7 Å². The van der Waals surface area contributed by atoms with Gasteiger partial charge in [0, 0.05) is 11.9 Å². The second kappa shape index (κ2) is 5.98. The van der Waals surface area contributed by atoms with Crippen LogP contribution in [0.5, 0.6) is 0 Å². The van der Waals surface area contributed by atoms with Gasteiger partial charge < -0.3 is 15.4 Å². The van der Waals surface area contributed by atoms with Crippen LogP contribution in [0.1, 0.15) is 48.7 Å². The topological polar surface area (TPSA) is 68.5 Å². The smallest absolute Gasteiger partial charge is 0.273 e. The van der Waals surface area contributed by atoms with E-state index < -0.39 is 0 Å². The van der Waals surface area contributed by atoms with Crippen molar-refractivity contribution in [3.8, 4) is 0 Å². The molecular weight excluding hydrogens is 262 g/mol. The SMILES string of the molecule is CCC1COC(C)CN1C(=O)c1csc(C(C)N)n1. The molecule has 106 valence electrons. The first-order valence-electron chi connectivity index (χ1n) is 6.66. The quantitative estimate of drug-likeness (QED) is 0.918. The largest absolute Gasteiger partial charge is 0.375 e. The molecule has 2 N–H and O–H groups in total. The molecule has 19 heavy (non-hydrogen) atoms. The average Bonchev–Trinajstić information content (AvgIpc) is 2.87. The van der Waals surface area contributed by atoms with Crippen molar-refractivity contribution < 1.29 is 9.53 Å². The van der Waals surface area contributed by atoms with E-state index in [9.17, 15) is 4.79 Å². The number of hydrogen-bond acceptors (Lipinski definition) is 5. The minimum Gasteiger partial charge on any atom is -0.375 e. The fraction of sp³-hybridized carbons (Fsp3) is 0.692. The molecule has 1 aromatic rings. The molecule has 0 radical (unpaired) electrons. The summed E-state index contributed by atoms with van der Waals surface area (Å²) in [6.07, 6.45) is 0.973. The Morgan fingerprint density at radius 1 is 1.74 bits per heavy atom. The zero-order valence-corrected chi connectivity index (χ0v) is 12.4. The zero-order valence-electron chi connectivity index (χ0n) is 11.6. The maximum absolute atomic E-state index is 12.5. The second-order valence-electron chi connectivity index (χ2n) is 5.02. The summed E-state index contributed by atoms with van der Waals surface area (Å²) in [5.74, 6) is -0.00912. The first-order valence-corrected chi connectivity index (χ1v) is 7.54. The molecule has 0 saturated carbocycles. The van der Waals surface area contributed by atoms with Crippen LogP contribution < -0.4 is 5.73 Å². The zero-order chi connectivity index (χ0) is 14.0. The third-order valence-electron chi connectivity index (χ3n) is 3.33. The van der Waals surface area contributed by atoms with Crippen molar-refractivity contribution in [2.75, 3.05) is 13.2 Å². The average molecular weight is 283 g/mol. The van der Waals surface area contributed by atoms with Gasteiger partial charge in [-0.05, 0) is 20.3 Å². The number of carbonyl (C=O) groups excluding carboxylic acids is 1. The van der Waals surface area contributed by atoms with Gasteiger partial charge in [0.1, 0.15) is 10.7 Å². The fourth-order valence-corrected chi connectivity index (χ4v) is 2.92. The van der Waals surface area contributed by atoms with E-state index in [1.165, 1.54) is 11.3 Å². The fourth-order valence-electron chi connectivity index (χ4n) is 2.17. The van der Waals surface area contributed by atoms with Crippen LogP contribution in [0.3, 0.4) is 0 Å². The Balaban J connectivity index is 2.16. The molecule has 1 aliphatic heterocycles. The normalized spacial score (nSPS) is 25.4. The number of aromatic nitrogens is 1. The molecule has 3 atom stereocenters. The van der Waals surface area contributed by atoms with E-state index in [0.717, 1.165) is 11.4 Å². The molecule has 5 nitrogen and oxygen atoms in total. The molecule has 0 aromatic carbocycles. The number of nitrogens with zero attached hydrogens (tertiary/aromatic N) is 2. The summed E-state index contributed by atoms with van der Waals surface area (Å²) in [4.78, 5) is 18.7. The van der Waals surface area contributed by atoms with E-state index >= 15 is 0 Å². The highest BCUT2D eigenvalue weighted by Crippen LogP contribution is 2.21. The lowest BCUT2D eigenvalue weighted by atomic mass is 10.1. The molecule has 0 aliphatic carbocycles. The molecule has 3 unspecified atom stereocenters. The molecule has 1 aromatic heterocycles. The first-order chi connectivity index (χ1) is 9.02. The minimum atomic E-state index is -0.128. The minimum absolute atomic E-state index is 0.00912. The molecule has 1 fully saturated rings. The molecular formula is C13H21N3O2S. The van der Waals surface area contributed by atoms with Crippen LogP contribution in [0.2, 0.25) is 0 Å². The summed E-state index contributed by atoms with van der Waals surface area (Å²) in [5.41, 5.74) is 6.29. The Kier molecular flexibility index (Phi) is 4.54. The number of thiazole rings is 1. The van der Waals surface area contributed by atoms with Crippen LogP contribution in [0, 0.1) is 0 Å². The maximum atomic E-state index is 12.5. The Morgan fingerprint density at radius 3 is 3.05 bits per heavy atom. The monoisotopic (exact) mass is 283 g/mol. The van der Waals surface area contributed by atoms with Crippen molar-refractivity contribution in [3.63, 3.8) is 0 Å². The van der Waals surface area contributed by atoms with Crippen LogP contribution in [0.4, 0.5) is 0 Å². The molecule has 1 aliphatic rings. The van der Waals surface area contributed by atoms with Gasteiger partial charge in [-0.3, -0.25) is 4.79 Å². The predicted octanol–water partition coefficient (Wildman–Crippen LogP) is 1.80. The Morgan fingerprint density at radius 2 is 2.47 bits per heavy atom. The third-order valence-corrected chi connectivity index (χ3v) is 4.38. The van der Waals surface area contributed by atoms with Gasteiger partial charge in [-0.25, -0.2) is 4.98 Å². The molecule has 6 heteroatoms. The van der Waals surface area contributed by atoms with Crippen LogP contribution in [0.25, 0.3) is 0 Å². The van der Waals surface area contributed by atoms with Crippen molar-refractivity contribution in [1.29, 1.82) is 0 Å². The Bertz CT molecular complexity index is 447. The van der Waals surface area contributed by atoms with Gasteiger partial charge in [-0.2, -0.15) is 0 Å². The van der Waals surface area contributed by atoms with E-state index in [4.69, 9.17) is 10.5 Å². The van der Waals surface area contributed by atoms with Crippen molar-refractivity contribution >= 4 is 17.2 Å². The number of morpholine rings is 1. The van der Waals surface area contributed by atoms with E-state index in [1.54, 1.807) is 5.38 Å². The van der Waals surface area contributed by atoms with Gasteiger partial charge in [0.25, 0.3) is 5.91 Å². The Hall–Kier alpha value is -0.980. The summed E-state index contributed by atoms with van der Waals surface area (Å²) < 4.78 is 5.61. The number of nitrogens with two attached hydrogens (primary N) is 1. The molecule has 2 rings (SSSR count). The molecule has 1 saturated heterocycles. The van der Waals surface area contributed by atoms with Gasteiger partial charge in [0.15, 0.2) is 0 Å². The van der Waals surface area contributed by atoms with Gasteiger partial charge in [0.05, 0.1) is 24.8 Å². The lowest BCUT2D eigenvalue weighted by Gasteiger charge is -2.37. The van der Waals surface area contributed by atoms with E-state index in [2.05, 4.69) is 11.9 Å². The summed E-state index contributed by atoms with van der Waals surface area (Å²) in [6, 6.07) is 0.0151. The summed E-state index contributed by atoms with van der Waals surface area (Å²) >= 11 is 1.44. The number of carbonyl (C=O) groups is 1. The van der Waals surface area contributed by atoms with Crippen LogP contribution in [-0.4, -0.2) is 41.1 Å².